The Morgan fingerprint density at radius 3 is 2.76 bits per heavy atom. The Morgan fingerprint density at radius 2 is 2.33 bits per heavy atom. The minimum Gasteiger partial charge on any atom is -0.358 e. The van der Waals surface area contributed by atoms with Crippen molar-refractivity contribution < 1.29 is 9.53 Å². The van der Waals surface area contributed by atoms with Gasteiger partial charge in [-0.1, -0.05) is 19.4 Å². The molecule has 6 heteroatoms. The highest BCUT2D eigenvalue weighted by Crippen LogP contribution is 2.31. The fourth-order valence-corrected chi connectivity index (χ4v) is 3.32. The van der Waals surface area contributed by atoms with Crippen LogP contribution < -0.4 is 0 Å². The lowest BCUT2D eigenvalue weighted by Crippen LogP contribution is -2.52. The lowest BCUT2D eigenvalue weighted by Gasteiger charge is -2.34. The van der Waals surface area contributed by atoms with Gasteiger partial charge in [0.05, 0.1) is 5.88 Å². The highest BCUT2D eigenvalue weighted by Gasteiger charge is 2.44. The molecule has 0 spiro atoms. The van der Waals surface area contributed by atoms with E-state index in [9.17, 15) is 4.79 Å². The van der Waals surface area contributed by atoms with Crippen molar-refractivity contribution in [1.82, 2.24) is 4.90 Å². The van der Waals surface area contributed by atoms with E-state index in [-0.39, 0.29) is 18.0 Å². The van der Waals surface area contributed by atoms with Gasteiger partial charge in [-0.2, -0.15) is 4.36 Å². The largest absolute Gasteiger partial charge is 0.358 e. The minimum absolute atomic E-state index is 0.0653. The molecule has 0 aromatic heterocycles. The van der Waals surface area contributed by atoms with Crippen LogP contribution in [-0.4, -0.2) is 42.1 Å². The van der Waals surface area contributed by atoms with E-state index in [0.29, 0.717) is 6.61 Å². The minimum atomic E-state index is -1.14. The molecule has 2 atom stereocenters. The Balaban J connectivity index is 3.01. The molecule has 21 heavy (non-hydrogen) atoms. The standard InChI is InChI=1S/C15H25ClN2O2S/c1-4-6-8-12(5-2)15(11-16,17-21)14(19)18(3)13-9-7-10-20-13/h5,13H,4,6-11H2,1-3H3/t13?,15-/m1/s1. The highest BCUT2D eigenvalue weighted by molar-refractivity contribution is 7.47. The number of nitrogens with zero attached hydrogens (tertiary/aromatic N) is 2. The molecule has 1 saturated heterocycles. The predicted octanol–water partition coefficient (Wildman–Crippen LogP) is 3.43. The van der Waals surface area contributed by atoms with Crippen LogP contribution in [0.1, 0.15) is 46.0 Å². The van der Waals surface area contributed by atoms with Crippen molar-refractivity contribution in [3.63, 3.8) is 0 Å². The number of rotatable bonds is 8. The van der Waals surface area contributed by atoms with Gasteiger partial charge in [-0.05, 0) is 38.2 Å². The second kappa shape index (κ2) is 8.81. The number of alkyl halides is 1. The quantitative estimate of drug-likeness (QED) is 0.505. The summed E-state index contributed by atoms with van der Waals surface area (Å²) >= 11 is 11.1. The van der Waals surface area contributed by atoms with Crippen molar-refractivity contribution in [2.45, 2.75) is 57.7 Å². The number of carbonyl (C=O) groups is 1. The maximum atomic E-state index is 12.9. The maximum absolute atomic E-state index is 12.9. The van der Waals surface area contributed by atoms with Crippen LogP contribution in [0.5, 0.6) is 0 Å². The summed E-state index contributed by atoms with van der Waals surface area (Å²) in [4.78, 5) is 14.5. The van der Waals surface area contributed by atoms with Crippen molar-refractivity contribution in [2.75, 3.05) is 19.5 Å². The van der Waals surface area contributed by atoms with Crippen LogP contribution >= 0.6 is 11.6 Å². The fourth-order valence-electron chi connectivity index (χ4n) is 2.65. The zero-order valence-corrected chi connectivity index (χ0v) is 14.7. The summed E-state index contributed by atoms with van der Waals surface area (Å²) in [5.74, 6) is -0.0981. The summed E-state index contributed by atoms with van der Waals surface area (Å²) in [5.41, 5.74) is -0.231. The van der Waals surface area contributed by atoms with Crippen molar-refractivity contribution >= 4 is 29.9 Å². The second-order valence-corrected chi connectivity index (χ2v) is 5.84. The number of halogens is 1. The Kier molecular flexibility index (Phi) is 7.77. The van der Waals surface area contributed by atoms with Crippen molar-refractivity contribution in [1.29, 1.82) is 0 Å². The molecule has 0 aliphatic carbocycles. The summed E-state index contributed by atoms with van der Waals surface area (Å²) < 4.78 is 9.57. The Labute approximate surface area is 138 Å². The van der Waals surface area contributed by atoms with E-state index >= 15 is 0 Å². The predicted molar refractivity (Wildman–Crippen MR) is 88.3 cm³/mol. The monoisotopic (exact) mass is 332 g/mol. The summed E-state index contributed by atoms with van der Waals surface area (Å²) in [5, 5.41) is 0. The molecule has 1 rings (SSSR count). The van der Waals surface area contributed by atoms with E-state index in [1.54, 1.807) is 11.9 Å². The molecule has 1 heterocycles. The van der Waals surface area contributed by atoms with Gasteiger partial charge in [0.25, 0.3) is 5.91 Å². The molecule has 4 nitrogen and oxygen atoms in total. The van der Waals surface area contributed by atoms with E-state index in [0.717, 1.165) is 37.7 Å². The molecule has 0 saturated carbocycles. The third-order valence-corrected chi connectivity index (χ3v) is 4.74. The van der Waals surface area contributed by atoms with E-state index in [2.05, 4.69) is 11.3 Å². The van der Waals surface area contributed by atoms with Gasteiger partial charge in [-0.25, -0.2) is 0 Å². The highest BCUT2D eigenvalue weighted by atomic mass is 35.5. The van der Waals surface area contributed by atoms with Crippen LogP contribution in [-0.2, 0) is 22.0 Å². The topological polar surface area (TPSA) is 41.9 Å². The summed E-state index contributed by atoms with van der Waals surface area (Å²) in [6.07, 6.45) is 6.36. The zero-order valence-electron chi connectivity index (χ0n) is 13.1. The second-order valence-electron chi connectivity index (χ2n) is 5.39. The normalized spacial score (nSPS) is 21.9. The van der Waals surface area contributed by atoms with E-state index in [1.807, 2.05) is 13.0 Å². The van der Waals surface area contributed by atoms with Crippen LogP contribution in [0.2, 0.25) is 0 Å². The van der Waals surface area contributed by atoms with E-state index in [1.165, 1.54) is 0 Å². The van der Waals surface area contributed by atoms with Gasteiger partial charge in [-0.3, -0.25) is 4.79 Å². The zero-order chi connectivity index (χ0) is 15.9. The molecule has 1 aliphatic heterocycles. The van der Waals surface area contributed by atoms with E-state index in [4.69, 9.17) is 28.8 Å². The first kappa shape index (κ1) is 18.5. The fraction of sp³-hybridized carbons (Fsp3) is 0.800. The first-order valence-electron chi connectivity index (χ1n) is 7.52. The van der Waals surface area contributed by atoms with Crippen LogP contribution in [0.4, 0.5) is 0 Å². The first-order valence-corrected chi connectivity index (χ1v) is 8.42. The van der Waals surface area contributed by atoms with Crippen LogP contribution in [0.3, 0.4) is 0 Å². The van der Waals surface area contributed by atoms with Gasteiger partial charge < -0.3 is 9.64 Å². The van der Waals surface area contributed by atoms with Crippen LogP contribution in [0.25, 0.3) is 0 Å². The molecule has 0 aromatic carbocycles. The summed E-state index contributed by atoms with van der Waals surface area (Å²) in [6.45, 7) is 4.71. The number of ether oxygens (including phenoxy) is 1. The summed E-state index contributed by atoms with van der Waals surface area (Å²) in [6, 6.07) is 0. The third-order valence-electron chi connectivity index (χ3n) is 4.04. The molecule has 1 aliphatic rings. The van der Waals surface area contributed by atoms with E-state index < -0.39 is 5.54 Å². The maximum Gasteiger partial charge on any atom is 0.258 e. The molecular formula is C15H25ClN2O2S. The number of unbranched alkanes of at least 4 members (excludes halogenated alkanes) is 1. The average Bonchev–Trinajstić information content (AvgIpc) is 3.05. The molecular weight excluding hydrogens is 308 g/mol. The number of carbonyl (C=O) groups excluding carboxylic acids is 1. The Morgan fingerprint density at radius 1 is 1.62 bits per heavy atom. The molecule has 0 bridgehead atoms. The average molecular weight is 333 g/mol. The van der Waals surface area contributed by atoms with Gasteiger partial charge >= 0.3 is 0 Å². The molecule has 1 fully saturated rings. The van der Waals surface area contributed by atoms with Gasteiger partial charge in [0.2, 0.25) is 0 Å². The van der Waals surface area contributed by atoms with Gasteiger partial charge in [0, 0.05) is 26.1 Å². The number of amides is 1. The smallest absolute Gasteiger partial charge is 0.258 e. The molecule has 1 unspecified atom stereocenters. The molecule has 1 amide bonds. The molecule has 120 valence electrons. The SMILES string of the molecule is CC=C(CCCC)[C@@](CCl)(N=S)C(=O)N(C)C1CCCO1. The van der Waals surface area contributed by atoms with Gasteiger partial charge in [0.1, 0.15) is 6.23 Å². The molecule has 0 N–H and O–H groups in total. The lowest BCUT2D eigenvalue weighted by molar-refractivity contribution is -0.143. The summed E-state index contributed by atoms with van der Waals surface area (Å²) in [7, 11) is 1.74. The third kappa shape index (κ3) is 4.02. The van der Waals surface area contributed by atoms with Crippen molar-refractivity contribution in [2.24, 2.45) is 4.36 Å². The van der Waals surface area contributed by atoms with Gasteiger partial charge in [0.15, 0.2) is 5.54 Å². The van der Waals surface area contributed by atoms with Crippen LogP contribution in [0, 0.1) is 0 Å². The number of likely N-dealkylation sites (N-methyl/N-ethyl adjacent to an activating group) is 1. The molecule has 0 radical (unpaired) electrons. The number of hydrogen-bond acceptors (Lipinski definition) is 4. The Hall–Kier alpha value is -0.520. The Bertz CT molecular complexity index is 397. The van der Waals surface area contributed by atoms with Crippen molar-refractivity contribution in [3.05, 3.63) is 11.6 Å². The lowest BCUT2D eigenvalue weighted by atomic mass is 9.87. The van der Waals surface area contributed by atoms with Crippen molar-refractivity contribution in [3.8, 4) is 0 Å². The van der Waals surface area contributed by atoms with Gasteiger partial charge in [-0.15, -0.1) is 11.6 Å². The van der Waals surface area contributed by atoms with Crippen LogP contribution in [0.15, 0.2) is 16.0 Å². The first-order chi connectivity index (χ1) is 10.1. The molecule has 0 aromatic rings. The number of allylic oxidation sites excluding steroid dienone is 1. The number of hydrogen-bond donors (Lipinski definition) is 0.